The summed E-state index contributed by atoms with van der Waals surface area (Å²) in [5, 5.41) is 11.9. The average Bonchev–Trinajstić information content (AvgIpc) is 2.47. The molecule has 0 aliphatic rings. The van der Waals surface area contributed by atoms with E-state index in [9.17, 15) is 0 Å². The van der Waals surface area contributed by atoms with E-state index in [1.54, 1.807) is 0 Å². The number of hydrogen-bond donors (Lipinski definition) is 1. The SMILES string of the molecule is Cc1ccc(Br)cc1NCc1ccc(OCC#N)cc1. The van der Waals surface area contributed by atoms with Gasteiger partial charge in [0.2, 0.25) is 0 Å². The second-order valence-electron chi connectivity index (χ2n) is 4.40. The van der Waals surface area contributed by atoms with Gasteiger partial charge in [-0.15, -0.1) is 0 Å². The zero-order chi connectivity index (χ0) is 14.4. The van der Waals surface area contributed by atoms with E-state index in [1.165, 1.54) is 5.56 Å². The molecule has 0 radical (unpaired) electrons. The molecule has 3 nitrogen and oxygen atoms in total. The van der Waals surface area contributed by atoms with E-state index in [-0.39, 0.29) is 6.61 Å². The predicted octanol–water partition coefficient (Wildman–Crippen LogP) is 4.27. The Morgan fingerprint density at radius 1 is 1.20 bits per heavy atom. The lowest BCUT2D eigenvalue weighted by Gasteiger charge is -2.10. The second kappa shape index (κ2) is 6.97. The van der Waals surface area contributed by atoms with Crippen LogP contribution in [0.5, 0.6) is 5.75 Å². The molecule has 0 saturated carbocycles. The Kier molecular flexibility index (Phi) is 5.03. The highest BCUT2D eigenvalue weighted by atomic mass is 79.9. The molecule has 102 valence electrons. The molecular formula is C16H15BrN2O. The lowest BCUT2D eigenvalue weighted by molar-refractivity contribution is 0.368. The van der Waals surface area contributed by atoms with Crippen LogP contribution in [-0.4, -0.2) is 6.61 Å². The minimum absolute atomic E-state index is 0.0782. The summed E-state index contributed by atoms with van der Waals surface area (Å²) >= 11 is 3.47. The monoisotopic (exact) mass is 330 g/mol. The highest BCUT2D eigenvalue weighted by molar-refractivity contribution is 9.10. The first-order valence-corrected chi connectivity index (χ1v) is 7.07. The maximum atomic E-state index is 8.45. The molecule has 0 aromatic heterocycles. The summed E-state index contributed by atoms with van der Waals surface area (Å²) in [6, 6.07) is 15.9. The number of nitriles is 1. The Morgan fingerprint density at radius 3 is 2.65 bits per heavy atom. The topological polar surface area (TPSA) is 45.0 Å². The molecule has 0 aliphatic carbocycles. The van der Waals surface area contributed by atoms with E-state index in [0.29, 0.717) is 5.75 Å². The Labute approximate surface area is 127 Å². The van der Waals surface area contributed by atoms with Crippen molar-refractivity contribution in [3.63, 3.8) is 0 Å². The third kappa shape index (κ3) is 4.01. The first-order valence-electron chi connectivity index (χ1n) is 6.28. The minimum atomic E-state index is 0.0782. The molecule has 0 bridgehead atoms. The number of nitrogens with one attached hydrogen (secondary N) is 1. The molecule has 0 spiro atoms. The molecule has 2 rings (SSSR count). The van der Waals surface area contributed by atoms with Crippen molar-refractivity contribution in [3.05, 3.63) is 58.1 Å². The number of aryl methyl sites for hydroxylation is 1. The fourth-order valence-corrected chi connectivity index (χ4v) is 2.16. The van der Waals surface area contributed by atoms with Gasteiger partial charge in [-0.3, -0.25) is 0 Å². The van der Waals surface area contributed by atoms with Crippen molar-refractivity contribution in [2.75, 3.05) is 11.9 Å². The summed E-state index contributed by atoms with van der Waals surface area (Å²) in [6.45, 7) is 2.90. The van der Waals surface area contributed by atoms with Gasteiger partial charge in [-0.2, -0.15) is 5.26 Å². The molecule has 1 N–H and O–H groups in total. The molecule has 0 aliphatic heterocycles. The van der Waals surface area contributed by atoms with E-state index in [4.69, 9.17) is 10.00 Å². The highest BCUT2D eigenvalue weighted by Gasteiger charge is 2.00. The summed E-state index contributed by atoms with van der Waals surface area (Å²) in [7, 11) is 0. The van der Waals surface area contributed by atoms with Crippen molar-refractivity contribution < 1.29 is 4.74 Å². The summed E-state index contributed by atoms with van der Waals surface area (Å²) in [5.41, 5.74) is 3.49. The van der Waals surface area contributed by atoms with Crippen molar-refractivity contribution in [1.82, 2.24) is 0 Å². The summed E-state index contributed by atoms with van der Waals surface area (Å²) in [5.74, 6) is 0.717. The molecule has 0 atom stereocenters. The van der Waals surface area contributed by atoms with Gasteiger partial charge in [-0.1, -0.05) is 34.1 Å². The van der Waals surface area contributed by atoms with E-state index < -0.39 is 0 Å². The third-order valence-corrected chi connectivity index (χ3v) is 3.40. The van der Waals surface area contributed by atoms with Crippen LogP contribution in [0, 0.1) is 18.3 Å². The van der Waals surface area contributed by atoms with Crippen LogP contribution in [0.1, 0.15) is 11.1 Å². The zero-order valence-corrected chi connectivity index (χ0v) is 12.8. The van der Waals surface area contributed by atoms with Gasteiger partial charge < -0.3 is 10.1 Å². The number of benzene rings is 2. The van der Waals surface area contributed by atoms with Crippen LogP contribution < -0.4 is 10.1 Å². The van der Waals surface area contributed by atoms with Gasteiger partial charge in [0.15, 0.2) is 6.61 Å². The van der Waals surface area contributed by atoms with Crippen LogP contribution in [0.4, 0.5) is 5.69 Å². The van der Waals surface area contributed by atoms with Gasteiger partial charge >= 0.3 is 0 Å². The Balaban J connectivity index is 1.97. The molecule has 0 heterocycles. The molecule has 2 aromatic carbocycles. The number of ether oxygens (including phenoxy) is 1. The first kappa shape index (κ1) is 14.4. The lowest BCUT2D eigenvalue weighted by atomic mass is 10.1. The Bertz CT molecular complexity index is 617. The maximum absolute atomic E-state index is 8.45. The van der Waals surface area contributed by atoms with Crippen molar-refractivity contribution in [2.24, 2.45) is 0 Å². The number of hydrogen-bond acceptors (Lipinski definition) is 3. The molecular weight excluding hydrogens is 316 g/mol. The van der Waals surface area contributed by atoms with E-state index in [0.717, 1.165) is 22.3 Å². The quantitative estimate of drug-likeness (QED) is 0.890. The largest absolute Gasteiger partial charge is 0.479 e. The van der Waals surface area contributed by atoms with Crippen LogP contribution in [0.25, 0.3) is 0 Å². The predicted molar refractivity (Wildman–Crippen MR) is 83.8 cm³/mol. The molecule has 4 heteroatoms. The van der Waals surface area contributed by atoms with Gasteiger partial charge in [0.05, 0.1) is 0 Å². The zero-order valence-electron chi connectivity index (χ0n) is 11.2. The second-order valence-corrected chi connectivity index (χ2v) is 5.32. The fraction of sp³-hybridized carbons (Fsp3) is 0.188. The van der Waals surface area contributed by atoms with Gasteiger partial charge in [-0.25, -0.2) is 0 Å². The van der Waals surface area contributed by atoms with Crippen LogP contribution >= 0.6 is 15.9 Å². The number of anilines is 1. The van der Waals surface area contributed by atoms with Crippen LogP contribution in [0.3, 0.4) is 0 Å². The standard InChI is InChI=1S/C16H15BrN2O/c1-12-2-5-14(17)10-16(12)19-11-13-3-6-15(7-4-13)20-9-8-18/h2-7,10,19H,9,11H2,1H3. The Morgan fingerprint density at radius 2 is 1.95 bits per heavy atom. The normalized spacial score (nSPS) is 9.85. The van der Waals surface area contributed by atoms with Crippen molar-refractivity contribution in [1.29, 1.82) is 5.26 Å². The molecule has 0 saturated heterocycles. The molecule has 0 fully saturated rings. The van der Waals surface area contributed by atoms with Gasteiger partial charge in [0.1, 0.15) is 11.8 Å². The van der Waals surface area contributed by atoms with Crippen LogP contribution in [-0.2, 0) is 6.54 Å². The van der Waals surface area contributed by atoms with Crippen molar-refractivity contribution in [3.8, 4) is 11.8 Å². The number of halogens is 1. The summed E-state index contributed by atoms with van der Waals surface area (Å²) in [6.07, 6.45) is 0. The average molecular weight is 331 g/mol. The Hall–Kier alpha value is -1.99. The molecule has 2 aromatic rings. The molecule has 0 unspecified atom stereocenters. The summed E-state index contributed by atoms with van der Waals surface area (Å²) in [4.78, 5) is 0. The van der Waals surface area contributed by atoms with E-state index in [2.05, 4.69) is 40.3 Å². The number of rotatable bonds is 5. The van der Waals surface area contributed by atoms with Crippen molar-refractivity contribution in [2.45, 2.75) is 13.5 Å². The van der Waals surface area contributed by atoms with Crippen LogP contribution in [0.2, 0.25) is 0 Å². The van der Waals surface area contributed by atoms with Crippen molar-refractivity contribution >= 4 is 21.6 Å². The van der Waals surface area contributed by atoms with Gasteiger partial charge in [0, 0.05) is 16.7 Å². The molecule has 20 heavy (non-hydrogen) atoms. The molecule has 0 amide bonds. The van der Waals surface area contributed by atoms with E-state index >= 15 is 0 Å². The lowest BCUT2D eigenvalue weighted by Crippen LogP contribution is -2.01. The van der Waals surface area contributed by atoms with Crippen LogP contribution in [0.15, 0.2) is 46.9 Å². The maximum Gasteiger partial charge on any atom is 0.174 e. The highest BCUT2D eigenvalue weighted by Crippen LogP contribution is 2.21. The first-order chi connectivity index (χ1) is 9.69. The number of nitrogens with zero attached hydrogens (tertiary/aromatic N) is 1. The van der Waals surface area contributed by atoms with Gasteiger partial charge in [-0.05, 0) is 42.3 Å². The van der Waals surface area contributed by atoms with E-state index in [1.807, 2.05) is 36.4 Å². The minimum Gasteiger partial charge on any atom is -0.479 e. The summed E-state index contributed by atoms with van der Waals surface area (Å²) < 4.78 is 6.28. The van der Waals surface area contributed by atoms with Gasteiger partial charge in [0.25, 0.3) is 0 Å². The fourth-order valence-electron chi connectivity index (χ4n) is 1.80. The third-order valence-electron chi connectivity index (χ3n) is 2.91. The smallest absolute Gasteiger partial charge is 0.174 e.